The first kappa shape index (κ1) is 21.3. The Morgan fingerprint density at radius 2 is 1.45 bits per heavy atom. The lowest BCUT2D eigenvalue weighted by molar-refractivity contribution is -0.659. The molecule has 0 aliphatic heterocycles. The third-order valence-corrected chi connectivity index (χ3v) is 5.77. The smallest absolute Gasteiger partial charge is 0.232 e. The second kappa shape index (κ2) is 8.14. The van der Waals surface area contributed by atoms with Crippen LogP contribution in [0.4, 0.5) is 4.39 Å². The molecule has 0 N–H and O–H groups in total. The molecule has 2 nitrogen and oxygen atoms in total. The van der Waals surface area contributed by atoms with E-state index in [1.165, 1.54) is 22.4 Å². The SMILES string of the molecule is Cc1cc(F)ccc1-c1n(-c2c(C(C)C)cc(C(C)C)cc2C(C)C)cc[n+]1C. The number of aromatic nitrogens is 2. The molecule has 0 saturated heterocycles. The van der Waals surface area contributed by atoms with Crippen LogP contribution in [0, 0.1) is 12.7 Å². The van der Waals surface area contributed by atoms with Gasteiger partial charge >= 0.3 is 0 Å². The zero-order valence-corrected chi connectivity index (χ0v) is 19.0. The normalized spacial score (nSPS) is 11.9. The van der Waals surface area contributed by atoms with E-state index in [1.807, 2.05) is 13.0 Å². The fraction of sp³-hybridized carbons (Fsp3) is 0.423. The summed E-state index contributed by atoms with van der Waals surface area (Å²) in [5, 5.41) is 0. The molecule has 0 bridgehead atoms. The molecule has 0 atom stereocenters. The molecular formula is C26H34FN2+. The summed E-state index contributed by atoms with van der Waals surface area (Å²) in [7, 11) is 2.06. The Hall–Kier alpha value is -2.42. The lowest BCUT2D eigenvalue weighted by Crippen LogP contribution is -2.29. The predicted octanol–water partition coefficient (Wildman–Crippen LogP) is 6.79. The van der Waals surface area contributed by atoms with Crippen molar-refractivity contribution in [2.45, 2.75) is 66.2 Å². The van der Waals surface area contributed by atoms with E-state index in [0.717, 1.165) is 17.0 Å². The minimum absolute atomic E-state index is 0.195. The Morgan fingerprint density at radius 1 is 0.862 bits per heavy atom. The second-order valence-corrected chi connectivity index (χ2v) is 9.07. The van der Waals surface area contributed by atoms with Gasteiger partial charge in [-0.3, -0.25) is 0 Å². The maximum atomic E-state index is 13.8. The van der Waals surface area contributed by atoms with Crippen molar-refractivity contribution in [3.63, 3.8) is 0 Å². The standard InChI is InChI=1S/C26H34FN2/c1-16(2)20-14-23(17(3)4)25(24(15-20)18(5)6)29-12-11-28(8)26(29)22-10-9-21(27)13-19(22)7/h9-18H,1-8H3/q+1. The Balaban J connectivity index is 2.38. The third kappa shape index (κ3) is 4.01. The monoisotopic (exact) mass is 393 g/mol. The van der Waals surface area contributed by atoms with Gasteiger partial charge in [-0.25, -0.2) is 8.96 Å². The van der Waals surface area contributed by atoms with E-state index in [2.05, 4.69) is 82.3 Å². The molecule has 154 valence electrons. The van der Waals surface area contributed by atoms with Crippen molar-refractivity contribution in [2.24, 2.45) is 7.05 Å². The molecule has 3 heteroatoms. The first-order valence-corrected chi connectivity index (χ1v) is 10.6. The van der Waals surface area contributed by atoms with Gasteiger partial charge in [0.2, 0.25) is 0 Å². The van der Waals surface area contributed by atoms with Crippen molar-refractivity contribution in [3.8, 4) is 17.1 Å². The van der Waals surface area contributed by atoms with E-state index >= 15 is 0 Å². The van der Waals surface area contributed by atoms with Crippen LogP contribution in [-0.4, -0.2) is 4.57 Å². The Morgan fingerprint density at radius 3 is 1.93 bits per heavy atom. The van der Waals surface area contributed by atoms with Gasteiger partial charge in [-0.2, -0.15) is 4.57 Å². The summed E-state index contributed by atoms with van der Waals surface area (Å²) >= 11 is 0. The Kier molecular flexibility index (Phi) is 5.97. The molecule has 29 heavy (non-hydrogen) atoms. The van der Waals surface area contributed by atoms with Gasteiger partial charge in [-0.15, -0.1) is 0 Å². The summed E-state index contributed by atoms with van der Waals surface area (Å²) < 4.78 is 18.2. The van der Waals surface area contributed by atoms with Gasteiger partial charge in [-0.05, 0) is 54.0 Å². The van der Waals surface area contributed by atoms with Crippen LogP contribution >= 0.6 is 0 Å². The van der Waals surface area contributed by atoms with Gasteiger partial charge in [0.25, 0.3) is 5.82 Å². The van der Waals surface area contributed by atoms with E-state index in [-0.39, 0.29) is 5.82 Å². The molecule has 0 spiro atoms. The van der Waals surface area contributed by atoms with Crippen molar-refractivity contribution < 1.29 is 8.96 Å². The Bertz CT molecular complexity index is 996. The maximum absolute atomic E-state index is 13.8. The van der Waals surface area contributed by atoms with Gasteiger partial charge in [0.05, 0.1) is 12.6 Å². The average molecular weight is 394 g/mol. The lowest BCUT2D eigenvalue weighted by atomic mass is 9.87. The molecule has 0 aliphatic rings. The highest BCUT2D eigenvalue weighted by Gasteiger charge is 2.27. The first-order chi connectivity index (χ1) is 13.6. The summed E-state index contributed by atoms with van der Waals surface area (Å²) in [5.41, 5.74) is 7.36. The lowest BCUT2D eigenvalue weighted by Gasteiger charge is -2.21. The van der Waals surface area contributed by atoms with Crippen molar-refractivity contribution in [1.29, 1.82) is 0 Å². The molecule has 0 amide bonds. The van der Waals surface area contributed by atoms with Crippen LogP contribution in [-0.2, 0) is 7.05 Å². The molecule has 0 fully saturated rings. The third-order valence-electron chi connectivity index (χ3n) is 5.77. The summed E-state index contributed by atoms with van der Waals surface area (Å²) in [4.78, 5) is 0. The summed E-state index contributed by atoms with van der Waals surface area (Å²) in [6.07, 6.45) is 4.23. The number of nitrogens with zero attached hydrogens (tertiary/aromatic N) is 2. The molecule has 3 aromatic rings. The number of imidazole rings is 1. The van der Waals surface area contributed by atoms with Crippen LogP contribution in [0.2, 0.25) is 0 Å². The van der Waals surface area contributed by atoms with Gasteiger partial charge in [0.1, 0.15) is 23.9 Å². The molecule has 2 aromatic carbocycles. The molecule has 0 unspecified atom stereocenters. The first-order valence-electron chi connectivity index (χ1n) is 10.6. The maximum Gasteiger partial charge on any atom is 0.294 e. The van der Waals surface area contributed by atoms with Gasteiger partial charge in [0, 0.05) is 11.1 Å². The van der Waals surface area contributed by atoms with Crippen LogP contribution in [0.15, 0.2) is 42.7 Å². The van der Waals surface area contributed by atoms with Crippen LogP contribution in [0.1, 0.15) is 81.5 Å². The van der Waals surface area contributed by atoms with E-state index in [9.17, 15) is 4.39 Å². The average Bonchev–Trinajstić information content (AvgIpc) is 3.01. The highest BCUT2D eigenvalue weighted by Crippen LogP contribution is 2.36. The molecule has 0 radical (unpaired) electrons. The van der Waals surface area contributed by atoms with Crippen LogP contribution in [0.3, 0.4) is 0 Å². The highest BCUT2D eigenvalue weighted by molar-refractivity contribution is 5.64. The topological polar surface area (TPSA) is 8.81 Å². The number of aryl methyl sites for hydroxylation is 2. The molecular weight excluding hydrogens is 359 g/mol. The zero-order chi connectivity index (χ0) is 21.5. The summed E-state index contributed by atoms with van der Waals surface area (Å²) in [6, 6.07) is 9.80. The van der Waals surface area contributed by atoms with Crippen molar-refractivity contribution >= 4 is 0 Å². The van der Waals surface area contributed by atoms with E-state index < -0.39 is 0 Å². The summed E-state index contributed by atoms with van der Waals surface area (Å²) in [5.74, 6) is 2.16. The number of halogens is 1. The largest absolute Gasteiger partial charge is 0.294 e. The molecule has 0 aliphatic carbocycles. The van der Waals surface area contributed by atoms with E-state index in [0.29, 0.717) is 17.8 Å². The molecule has 0 saturated carbocycles. The molecule has 1 heterocycles. The van der Waals surface area contributed by atoms with Gasteiger partial charge in [-0.1, -0.05) is 53.7 Å². The van der Waals surface area contributed by atoms with E-state index in [4.69, 9.17) is 0 Å². The van der Waals surface area contributed by atoms with Gasteiger partial charge < -0.3 is 0 Å². The fourth-order valence-electron chi connectivity index (χ4n) is 4.05. The predicted molar refractivity (Wildman–Crippen MR) is 119 cm³/mol. The van der Waals surface area contributed by atoms with Crippen LogP contribution < -0.4 is 4.57 Å². The minimum Gasteiger partial charge on any atom is -0.232 e. The number of hydrogen-bond donors (Lipinski definition) is 0. The molecule has 3 rings (SSSR count). The fourth-order valence-corrected chi connectivity index (χ4v) is 4.05. The van der Waals surface area contributed by atoms with Crippen LogP contribution in [0.5, 0.6) is 0 Å². The second-order valence-electron chi connectivity index (χ2n) is 9.07. The highest BCUT2D eigenvalue weighted by atomic mass is 19.1. The van der Waals surface area contributed by atoms with Crippen molar-refractivity contribution in [3.05, 3.63) is 70.8 Å². The number of benzene rings is 2. The number of rotatable bonds is 5. The van der Waals surface area contributed by atoms with Crippen molar-refractivity contribution in [2.75, 3.05) is 0 Å². The van der Waals surface area contributed by atoms with Crippen LogP contribution in [0.25, 0.3) is 17.1 Å². The Labute approximate surface area is 175 Å². The molecule has 1 aromatic heterocycles. The quantitative estimate of drug-likeness (QED) is 0.422. The number of hydrogen-bond acceptors (Lipinski definition) is 0. The minimum atomic E-state index is -0.195. The van der Waals surface area contributed by atoms with Gasteiger partial charge in [0.15, 0.2) is 0 Å². The summed E-state index contributed by atoms with van der Waals surface area (Å²) in [6.45, 7) is 15.5. The van der Waals surface area contributed by atoms with E-state index in [1.54, 1.807) is 12.1 Å². The zero-order valence-electron chi connectivity index (χ0n) is 19.0. The van der Waals surface area contributed by atoms with Crippen molar-refractivity contribution in [1.82, 2.24) is 4.57 Å².